The van der Waals surface area contributed by atoms with Gasteiger partial charge in [-0.1, -0.05) is 194 Å². The zero-order valence-corrected chi connectivity index (χ0v) is 31.7. The van der Waals surface area contributed by atoms with Gasteiger partial charge >= 0.3 is 0 Å². The predicted octanol–water partition coefficient (Wildman–Crippen LogP) is 16.0. The molecule has 10 aromatic carbocycles. The number of anilines is 3. The molecular formula is C56H37NO. The summed E-state index contributed by atoms with van der Waals surface area (Å²) in [5.74, 6) is 0. The lowest BCUT2D eigenvalue weighted by Gasteiger charge is -2.31. The molecule has 0 saturated carbocycles. The van der Waals surface area contributed by atoms with E-state index in [-0.39, 0.29) is 0 Å². The van der Waals surface area contributed by atoms with Crippen molar-refractivity contribution in [3.63, 3.8) is 0 Å². The van der Waals surface area contributed by atoms with Crippen molar-refractivity contribution in [2.75, 3.05) is 4.90 Å². The molecule has 1 aromatic heterocycles. The van der Waals surface area contributed by atoms with E-state index in [1.165, 1.54) is 38.2 Å². The van der Waals surface area contributed by atoms with Crippen molar-refractivity contribution < 1.29 is 4.42 Å². The van der Waals surface area contributed by atoms with Crippen LogP contribution in [0.4, 0.5) is 17.1 Å². The van der Waals surface area contributed by atoms with Gasteiger partial charge in [0.05, 0.1) is 22.4 Å². The standard InChI is InChI=1S/C56H37NO/c1-4-15-38(16-5-1)40-27-29-43(30-28-40)48-35-36-51(55-49-24-12-13-26-53(49)58-56(48)55)57(50-25-14-22-44-32-31-42-21-10-11-23-47(42)54(44)50)52-37-45(39-17-6-2-7-18-39)33-34-46(52)41-19-8-3-9-20-41/h1-37H. The van der Waals surface area contributed by atoms with Crippen molar-refractivity contribution in [3.05, 3.63) is 224 Å². The Hall–Kier alpha value is -7.68. The average Bonchev–Trinajstić information content (AvgIpc) is 3.70. The first kappa shape index (κ1) is 33.6. The molecule has 2 heteroatoms. The van der Waals surface area contributed by atoms with Gasteiger partial charge < -0.3 is 9.32 Å². The molecule has 0 atom stereocenters. The fourth-order valence-electron chi connectivity index (χ4n) is 8.70. The molecule has 0 amide bonds. The number of nitrogens with zero attached hydrogens (tertiary/aromatic N) is 1. The summed E-state index contributed by atoms with van der Waals surface area (Å²) in [6.45, 7) is 0. The SMILES string of the molecule is c1ccc(-c2ccc(-c3ccc(N(c4cc(-c5ccccc5)ccc4-c4ccccc4)c4cccc5ccc6ccccc6c45)c4c3oc3ccccc34)cc2)cc1. The van der Waals surface area contributed by atoms with Crippen LogP contribution in [0.1, 0.15) is 0 Å². The van der Waals surface area contributed by atoms with Gasteiger partial charge in [0.2, 0.25) is 0 Å². The number of hydrogen-bond donors (Lipinski definition) is 0. The minimum atomic E-state index is 0.858. The van der Waals surface area contributed by atoms with Crippen LogP contribution in [0.25, 0.3) is 88.0 Å². The minimum Gasteiger partial charge on any atom is -0.455 e. The fourth-order valence-corrected chi connectivity index (χ4v) is 8.70. The second kappa shape index (κ2) is 14.1. The summed E-state index contributed by atoms with van der Waals surface area (Å²) >= 11 is 0. The van der Waals surface area contributed by atoms with E-state index >= 15 is 0 Å². The van der Waals surface area contributed by atoms with Crippen LogP contribution in [0.15, 0.2) is 229 Å². The van der Waals surface area contributed by atoms with Gasteiger partial charge in [-0.05, 0) is 79.9 Å². The van der Waals surface area contributed by atoms with Gasteiger partial charge in [-0.3, -0.25) is 0 Å². The van der Waals surface area contributed by atoms with Gasteiger partial charge in [0.15, 0.2) is 0 Å². The molecule has 2 nitrogen and oxygen atoms in total. The Morgan fingerprint density at radius 3 is 1.57 bits per heavy atom. The highest BCUT2D eigenvalue weighted by Gasteiger charge is 2.26. The van der Waals surface area contributed by atoms with Crippen LogP contribution in [0.2, 0.25) is 0 Å². The smallest absolute Gasteiger partial charge is 0.145 e. The number of furan rings is 1. The minimum absolute atomic E-state index is 0.858. The largest absolute Gasteiger partial charge is 0.455 e. The molecule has 11 aromatic rings. The van der Waals surface area contributed by atoms with Crippen molar-refractivity contribution >= 4 is 60.5 Å². The summed E-state index contributed by atoms with van der Waals surface area (Å²) in [5, 5.41) is 6.95. The third kappa shape index (κ3) is 5.74. The first-order valence-corrected chi connectivity index (χ1v) is 19.8. The van der Waals surface area contributed by atoms with Crippen LogP contribution < -0.4 is 4.90 Å². The average molecular weight is 740 g/mol. The normalized spacial score (nSPS) is 11.4. The molecule has 11 rings (SSSR count). The molecule has 0 fully saturated rings. The number of rotatable bonds is 7. The zero-order valence-electron chi connectivity index (χ0n) is 31.7. The Kier molecular flexibility index (Phi) is 8.19. The van der Waals surface area contributed by atoms with E-state index in [0.29, 0.717) is 0 Å². The van der Waals surface area contributed by atoms with Crippen LogP contribution in [0, 0.1) is 0 Å². The van der Waals surface area contributed by atoms with Crippen molar-refractivity contribution in [2.45, 2.75) is 0 Å². The molecule has 1 heterocycles. The lowest BCUT2D eigenvalue weighted by atomic mass is 9.94. The molecule has 0 aliphatic carbocycles. The highest BCUT2D eigenvalue weighted by atomic mass is 16.3. The highest BCUT2D eigenvalue weighted by molar-refractivity contribution is 6.21. The Balaban J connectivity index is 1.24. The molecule has 0 bridgehead atoms. The topological polar surface area (TPSA) is 16.4 Å². The summed E-state index contributed by atoms with van der Waals surface area (Å²) < 4.78 is 6.95. The third-order valence-corrected chi connectivity index (χ3v) is 11.5. The lowest BCUT2D eigenvalue weighted by Crippen LogP contribution is -2.13. The van der Waals surface area contributed by atoms with E-state index in [4.69, 9.17) is 4.42 Å². The third-order valence-electron chi connectivity index (χ3n) is 11.5. The van der Waals surface area contributed by atoms with Crippen LogP contribution in [-0.2, 0) is 0 Å². The summed E-state index contributed by atoms with van der Waals surface area (Å²) in [7, 11) is 0. The number of fused-ring (bicyclic) bond motifs is 6. The van der Waals surface area contributed by atoms with E-state index in [2.05, 4.69) is 229 Å². The van der Waals surface area contributed by atoms with E-state index in [9.17, 15) is 0 Å². The Bertz CT molecular complexity index is 3260. The Morgan fingerprint density at radius 2 is 0.810 bits per heavy atom. The maximum absolute atomic E-state index is 6.95. The van der Waals surface area contributed by atoms with Gasteiger partial charge in [0.1, 0.15) is 11.2 Å². The maximum Gasteiger partial charge on any atom is 0.145 e. The van der Waals surface area contributed by atoms with Crippen molar-refractivity contribution in [2.24, 2.45) is 0 Å². The first-order chi connectivity index (χ1) is 28.8. The lowest BCUT2D eigenvalue weighted by molar-refractivity contribution is 0.670. The summed E-state index contributed by atoms with van der Waals surface area (Å²) in [4.78, 5) is 2.50. The van der Waals surface area contributed by atoms with Crippen LogP contribution >= 0.6 is 0 Å². The molecule has 0 N–H and O–H groups in total. The van der Waals surface area contributed by atoms with Crippen molar-refractivity contribution in [3.8, 4) is 44.5 Å². The Labute approximate surface area is 337 Å². The molecule has 0 saturated heterocycles. The van der Waals surface area contributed by atoms with Crippen LogP contribution in [0.3, 0.4) is 0 Å². The van der Waals surface area contributed by atoms with Crippen molar-refractivity contribution in [1.29, 1.82) is 0 Å². The molecule has 0 spiro atoms. The van der Waals surface area contributed by atoms with Gasteiger partial charge in [-0.2, -0.15) is 0 Å². The molecule has 58 heavy (non-hydrogen) atoms. The second-order valence-corrected chi connectivity index (χ2v) is 14.8. The van der Waals surface area contributed by atoms with Crippen LogP contribution in [-0.4, -0.2) is 0 Å². The molecule has 272 valence electrons. The number of hydrogen-bond acceptors (Lipinski definition) is 2. The summed E-state index contributed by atoms with van der Waals surface area (Å²) in [5.41, 5.74) is 14.1. The molecule has 0 aliphatic rings. The summed E-state index contributed by atoms with van der Waals surface area (Å²) in [6.07, 6.45) is 0. The van der Waals surface area contributed by atoms with E-state index in [1.54, 1.807) is 0 Å². The Morgan fingerprint density at radius 1 is 0.293 bits per heavy atom. The first-order valence-electron chi connectivity index (χ1n) is 19.8. The van der Waals surface area contributed by atoms with Gasteiger partial charge in [0, 0.05) is 21.9 Å². The molecule has 0 aliphatic heterocycles. The van der Waals surface area contributed by atoms with E-state index < -0.39 is 0 Å². The van der Waals surface area contributed by atoms with Gasteiger partial charge in [-0.15, -0.1) is 0 Å². The molecule has 0 unspecified atom stereocenters. The summed E-state index contributed by atoms with van der Waals surface area (Å²) in [6, 6.07) is 80.7. The number of benzene rings is 10. The second-order valence-electron chi connectivity index (χ2n) is 14.8. The maximum atomic E-state index is 6.95. The number of para-hydroxylation sites is 1. The van der Waals surface area contributed by atoms with E-state index in [1.807, 2.05) is 0 Å². The monoisotopic (exact) mass is 739 g/mol. The fraction of sp³-hybridized carbons (Fsp3) is 0. The van der Waals surface area contributed by atoms with Gasteiger partial charge in [0.25, 0.3) is 0 Å². The molecular weight excluding hydrogens is 703 g/mol. The van der Waals surface area contributed by atoms with Crippen molar-refractivity contribution in [1.82, 2.24) is 0 Å². The highest BCUT2D eigenvalue weighted by Crippen LogP contribution is 2.51. The van der Waals surface area contributed by atoms with Gasteiger partial charge in [-0.25, -0.2) is 0 Å². The predicted molar refractivity (Wildman–Crippen MR) is 245 cm³/mol. The van der Waals surface area contributed by atoms with E-state index in [0.717, 1.165) is 66.8 Å². The quantitative estimate of drug-likeness (QED) is 0.151. The van der Waals surface area contributed by atoms with Crippen LogP contribution in [0.5, 0.6) is 0 Å². The zero-order chi connectivity index (χ0) is 38.4. The molecule has 0 radical (unpaired) electrons.